The van der Waals surface area contributed by atoms with Crippen LogP contribution in [0.3, 0.4) is 0 Å². The van der Waals surface area contributed by atoms with Crippen LogP contribution < -0.4 is 5.56 Å². The molecule has 7 nitrogen and oxygen atoms in total. The molecule has 1 aromatic rings. The third-order valence-electron chi connectivity index (χ3n) is 6.57. The summed E-state index contributed by atoms with van der Waals surface area (Å²) < 4.78 is 0. The number of piperidine rings is 2. The maximum absolute atomic E-state index is 12.9. The molecule has 0 aromatic carbocycles. The van der Waals surface area contributed by atoms with E-state index in [1.54, 1.807) is 11.8 Å². The largest absolute Gasteiger partial charge is 0.339 e. The molecule has 146 valence electrons. The number of H-pyrrole nitrogens is 1. The van der Waals surface area contributed by atoms with Crippen LogP contribution in [0.4, 0.5) is 0 Å². The van der Waals surface area contributed by atoms with Gasteiger partial charge in [0.25, 0.3) is 11.5 Å². The fourth-order valence-electron chi connectivity index (χ4n) is 5.11. The van der Waals surface area contributed by atoms with Gasteiger partial charge in [-0.3, -0.25) is 14.4 Å². The van der Waals surface area contributed by atoms with Crippen molar-refractivity contribution in [3.63, 3.8) is 0 Å². The average Bonchev–Trinajstić information content (AvgIpc) is 3.18. The minimum Gasteiger partial charge on any atom is -0.339 e. The van der Waals surface area contributed by atoms with Gasteiger partial charge in [0.2, 0.25) is 5.91 Å². The van der Waals surface area contributed by atoms with Crippen LogP contribution in [-0.4, -0.2) is 57.3 Å². The first-order valence-corrected chi connectivity index (χ1v) is 10.1. The number of amides is 2. The molecule has 3 aliphatic rings. The molecule has 0 radical (unpaired) electrons. The summed E-state index contributed by atoms with van der Waals surface area (Å²) in [6.45, 7) is 3.73. The normalized spacial score (nSPS) is 26.8. The summed E-state index contributed by atoms with van der Waals surface area (Å²) in [4.78, 5) is 48.2. The van der Waals surface area contributed by atoms with E-state index in [1.165, 1.54) is 19.0 Å². The van der Waals surface area contributed by atoms with Crippen LogP contribution in [0.5, 0.6) is 0 Å². The van der Waals surface area contributed by atoms with Crippen LogP contribution in [0.2, 0.25) is 0 Å². The number of hydrogen-bond acceptors (Lipinski definition) is 4. The van der Waals surface area contributed by atoms with E-state index in [0.29, 0.717) is 31.4 Å². The highest BCUT2D eigenvalue weighted by atomic mass is 16.2. The average molecular weight is 372 g/mol. The number of carbonyl (C=O) groups excluding carboxylic acids is 2. The van der Waals surface area contributed by atoms with Gasteiger partial charge in [0.05, 0.1) is 0 Å². The number of likely N-dealkylation sites (tertiary alicyclic amines) is 2. The summed E-state index contributed by atoms with van der Waals surface area (Å²) in [5, 5.41) is 0. The zero-order valence-electron chi connectivity index (χ0n) is 16.0. The topological polar surface area (TPSA) is 86.4 Å². The third kappa shape index (κ3) is 3.51. The zero-order chi connectivity index (χ0) is 19.0. The molecule has 1 aromatic heterocycles. The highest BCUT2D eigenvalue weighted by molar-refractivity contribution is 5.93. The Bertz CT molecular complexity index is 799. The van der Waals surface area contributed by atoms with Crippen LogP contribution in [0.25, 0.3) is 0 Å². The first kappa shape index (κ1) is 18.2. The SMILES string of the molecule is Cc1ncc(C(=O)N2CCCC3(CCC(=O)N(C4CCCC4)C3)C2)c(=O)[nH]1. The van der Waals surface area contributed by atoms with Gasteiger partial charge in [-0.15, -0.1) is 0 Å². The number of aromatic nitrogens is 2. The number of aromatic amines is 1. The van der Waals surface area contributed by atoms with Crippen LogP contribution in [0, 0.1) is 12.3 Å². The van der Waals surface area contributed by atoms with Crippen molar-refractivity contribution < 1.29 is 9.59 Å². The van der Waals surface area contributed by atoms with Gasteiger partial charge in [-0.25, -0.2) is 4.98 Å². The Kier molecular flexibility index (Phi) is 4.78. The zero-order valence-corrected chi connectivity index (χ0v) is 16.0. The number of nitrogens with zero attached hydrogens (tertiary/aromatic N) is 3. The molecule has 1 N–H and O–H groups in total. The van der Waals surface area contributed by atoms with Gasteiger partial charge in [-0.2, -0.15) is 0 Å². The number of rotatable bonds is 2. The minimum absolute atomic E-state index is 0.0324. The van der Waals surface area contributed by atoms with Gasteiger partial charge in [-0.1, -0.05) is 12.8 Å². The Hall–Kier alpha value is -2.18. The molecule has 4 rings (SSSR count). The number of aryl methyl sites for hydroxylation is 1. The quantitative estimate of drug-likeness (QED) is 0.859. The van der Waals surface area contributed by atoms with Gasteiger partial charge in [0.15, 0.2) is 0 Å². The standard InChI is InChI=1S/C20H28N4O3/c1-14-21-11-16(18(26)22-14)19(27)23-10-4-8-20(12-23)9-7-17(25)24(13-20)15-5-2-3-6-15/h11,15H,2-10,12-13H2,1H3,(H,21,22,26). The number of hydrogen-bond donors (Lipinski definition) is 1. The molecule has 2 amide bonds. The summed E-state index contributed by atoms with van der Waals surface area (Å²) in [7, 11) is 0. The molecule has 0 bridgehead atoms. The lowest BCUT2D eigenvalue weighted by atomic mass is 9.73. The second-order valence-electron chi connectivity index (χ2n) is 8.50. The predicted octanol–water partition coefficient (Wildman–Crippen LogP) is 1.87. The van der Waals surface area contributed by atoms with Gasteiger partial charge < -0.3 is 14.8 Å². The second kappa shape index (κ2) is 7.09. The van der Waals surface area contributed by atoms with Crippen molar-refractivity contribution >= 4 is 11.8 Å². The lowest BCUT2D eigenvalue weighted by Gasteiger charge is -2.49. The number of carbonyl (C=O) groups is 2. The molecular formula is C20H28N4O3. The highest BCUT2D eigenvalue weighted by Crippen LogP contribution is 2.41. The van der Waals surface area contributed by atoms with Crippen molar-refractivity contribution in [3.8, 4) is 0 Å². The Morgan fingerprint density at radius 3 is 2.70 bits per heavy atom. The van der Waals surface area contributed by atoms with Crippen molar-refractivity contribution in [3.05, 3.63) is 27.9 Å². The fraction of sp³-hybridized carbons (Fsp3) is 0.700. The summed E-state index contributed by atoms with van der Waals surface area (Å²) in [5.74, 6) is 0.534. The molecule has 1 saturated carbocycles. The van der Waals surface area contributed by atoms with Crippen molar-refractivity contribution in [1.82, 2.24) is 19.8 Å². The summed E-state index contributed by atoms with van der Waals surface area (Å²) in [5.41, 5.74) is -0.300. The van der Waals surface area contributed by atoms with Crippen LogP contribution in [0.15, 0.2) is 11.0 Å². The lowest BCUT2D eigenvalue weighted by molar-refractivity contribution is -0.142. The Morgan fingerprint density at radius 2 is 1.96 bits per heavy atom. The van der Waals surface area contributed by atoms with Gasteiger partial charge >= 0.3 is 0 Å². The first-order valence-electron chi connectivity index (χ1n) is 10.1. The summed E-state index contributed by atoms with van der Waals surface area (Å²) in [6.07, 6.45) is 9.36. The van der Waals surface area contributed by atoms with E-state index >= 15 is 0 Å². The van der Waals surface area contributed by atoms with Gasteiger partial charge in [0, 0.05) is 43.7 Å². The molecule has 7 heteroatoms. The fourth-order valence-corrected chi connectivity index (χ4v) is 5.11. The summed E-state index contributed by atoms with van der Waals surface area (Å²) in [6, 6.07) is 0.380. The van der Waals surface area contributed by atoms with Crippen molar-refractivity contribution in [1.29, 1.82) is 0 Å². The van der Waals surface area contributed by atoms with Crippen LogP contribution >= 0.6 is 0 Å². The molecule has 1 atom stereocenters. The molecule has 1 aliphatic carbocycles. The van der Waals surface area contributed by atoms with Crippen LogP contribution in [0.1, 0.15) is 67.5 Å². The molecule has 1 unspecified atom stereocenters. The van der Waals surface area contributed by atoms with E-state index in [4.69, 9.17) is 0 Å². The maximum Gasteiger partial charge on any atom is 0.263 e. The third-order valence-corrected chi connectivity index (χ3v) is 6.57. The maximum atomic E-state index is 12.9. The van der Waals surface area contributed by atoms with Crippen molar-refractivity contribution in [2.24, 2.45) is 5.41 Å². The molecule has 2 saturated heterocycles. The summed E-state index contributed by atoms with van der Waals surface area (Å²) >= 11 is 0. The van der Waals surface area contributed by atoms with Crippen LogP contribution in [-0.2, 0) is 4.79 Å². The van der Waals surface area contributed by atoms with E-state index in [-0.39, 0.29) is 28.4 Å². The Labute approximate surface area is 159 Å². The predicted molar refractivity (Wildman–Crippen MR) is 100 cm³/mol. The lowest BCUT2D eigenvalue weighted by Crippen LogP contribution is -2.57. The molecule has 3 fully saturated rings. The second-order valence-corrected chi connectivity index (χ2v) is 8.50. The smallest absolute Gasteiger partial charge is 0.263 e. The molecule has 3 heterocycles. The molecule has 27 heavy (non-hydrogen) atoms. The molecule has 2 aliphatic heterocycles. The Morgan fingerprint density at radius 1 is 1.19 bits per heavy atom. The number of nitrogens with one attached hydrogen (secondary N) is 1. The van der Waals surface area contributed by atoms with E-state index in [1.807, 2.05) is 0 Å². The highest BCUT2D eigenvalue weighted by Gasteiger charge is 2.44. The Balaban J connectivity index is 1.52. The van der Waals surface area contributed by atoms with Gasteiger partial charge in [-0.05, 0) is 39.0 Å². The van der Waals surface area contributed by atoms with Crippen molar-refractivity contribution in [2.45, 2.75) is 64.3 Å². The monoisotopic (exact) mass is 372 g/mol. The van der Waals surface area contributed by atoms with E-state index in [9.17, 15) is 14.4 Å². The molecule has 1 spiro atoms. The minimum atomic E-state index is -0.376. The molecular weight excluding hydrogens is 344 g/mol. The van der Waals surface area contributed by atoms with Gasteiger partial charge in [0.1, 0.15) is 11.4 Å². The van der Waals surface area contributed by atoms with E-state index in [0.717, 1.165) is 38.6 Å². The first-order chi connectivity index (χ1) is 13.0. The van der Waals surface area contributed by atoms with E-state index in [2.05, 4.69) is 14.9 Å². The van der Waals surface area contributed by atoms with E-state index < -0.39 is 0 Å². The van der Waals surface area contributed by atoms with Crippen molar-refractivity contribution in [2.75, 3.05) is 19.6 Å².